The van der Waals surface area contributed by atoms with Crippen molar-refractivity contribution in [3.63, 3.8) is 0 Å². The fraction of sp³-hybridized carbons (Fsp3) is 0.643. The number of alkyl halides is 3. The summed E-state index contributed by atoms with van der Waals surface area (Å²) in [5.74, 6) is -1.66. The Morgan fingerprint density at radius 1 is 1.42 bits per heavy atom. The molecule has 26 heavy (non-hydrogen) atoms. The van der Waals surface area contributed by atoms with Gasteiger partial charge in [0, 0.05) is 26.2 Å². The standard InChI is InChI=1S/C14H20F3N5O4/c1-20-12(11(22(24)25)10(19-20)8-26-2)21-6-3-4-9(5-7-21)18-13(23)14(15,16)17/h8-9,19H,3-7H2,1-2H3,(H,18,23). The number of likely N-dealkylation sites (tertiary alicyclic amines) is 1. The first-order valence-corrected chi connectivity index (χ1v) is 7.90. The average Bonchev–Trinajstić information content (AvgIpc) is 2.70. The van der Waals surface area contributed by atoms with E-state index in [-0.39, 0.29) is 24.4 Å². The van der Waals surface area contributed by atoms with Gasteiger partial charge in [0.15, 0.2) is 5.70 Å². The number of nitrogens with one attached hydrogen (secondary N) is 2. The Morgan fingerprint density at radius 3 is 2.69 bits per heavy atom. The molecule has 2 heterocycles. The molecule has 2 aliphatic heterocycles. The Balaban J connectivity index is 2.15. The van der Waals surface area contributed by atoms with Crippen LogP contribution in [0.4, 0.5) is 13.2 Å². The summed E-state index contributed by atoms with van der Waals surface area (Å²) in [6.07, 6.45) is -2.63. The van der Waals surface area contributed by atoms with Crippen molar-refractivity contribution in [1.82, 2.24) is 20.7 Å². The zero-order valence-corrected chi connectivity index (χ0v) is 14.3. The number of carbonyl (C=O) groups is 1. The summed E-state index contributed by atoms with van der Waals surface area (Å²) in [5, 5.41) is 14.9. The Labute approximate surface area is 147 Å². The van der Waals surface area contributed by atoms with Gasteiger partial charge in [-0.1, -0.05) is 0 Å². The number of rotatable bonds is 4. The third-order valence-electron chi connectivity index (χ3n) is 4.11. The van der Waals surface area contributed by atoms with Crippen LogP contribution in [0.5, 0.6) is 0 Å². The molecule has 1 atom stereocenters. The van der Waals surface area contributed by atoms with E-state index < -0.39 is 23.0 Å². The van der Waals surface area contributed by atoms with Crippen molar-refractivity contribution in [3.05, 3.63) is 33.6 Å². The molecule has 1 fully saturated rings. The van der Waals surface area contributed by atoms with Crippen LogP contribution in [0.15, 0.2) is 23.5 Å². The van der Waals surface area contributed by atoms with Crippen LogP contribution in [0.3, 0.4) is 0 Å². The highest BCUT2D eigenvalue weighted by atomic mass is 19.4. The van der Waals surface area contributed by atoms with Crippen molar-refractivity contribution in [2.45, 2.75) is 31.5 Å². The number of ether oxygens (including phenoxy) is 1. The fourth-order valence-corrected chi connectivity index (χ4v) is 3.03. The van der Waals surface area contributed by atoms with Crippen LogP contribution in [0.25, 0.3) is 0 Å². The minimum Gasteiger partial charge on any atom is -0.502 e. The number of methoxy groups -OCH3 is 1. The molecule has 0 bridgehead atoms. The molecule has 2 aliphatic rings. The van der Waals surface area contributed by atoms with E-state index in [2.05, 4.69) is 5.43 Å². The van der Waals surface area contributed by atoms with Gasteiger partial charge in [0.2, 0.25) is 5.82 Å². The van der Waals surface area contributed by atoms with Gasteiger partial charge in [-0.2, -0.15) is 13.2 Å². The van der Waals surface area contributed by atoms with Gasteiger partial charge in [-0.25, -0.2) is 0 Å². The van der Waals surface area contributed by atoms with Gasteiger partial charge in [-0.3, -0.25) is 25.3 Å². The van der Waals surface area contributed by atoms with Crippen molar-refractivity contribution in [2.24, 2.45) is 0 Å². The van der Waals surface area contributed by atoms with E-state index in [1.807, 2.05) is 5.32 Å². The molecule has 1 amide bonds. The molecule has 0 saturated carbocycles. The van der Waals surface area contributed by atoms with Crippen molar-refractivity contribution in [2.75, 3.05) is 27.2 Å². The quantitative estimate of drug-likeness (QED) is 0.425. The molecule has 12 heteroatoms. The SMILES string of the molecule is COC=C1NN(C)C(N2CCCC(NC(=O)C(F)(F)F)CC2)=C1[N+](=O)[O-]. The predicted molar refractivity (Wildman–Crippen MR) is 83.4 cm³/mol. The molecule has 0 radical (unpaired) electrons. The zero-order valence-electron chi connectivity index (χ0n) is 14.3. The minimum absolute atomic E-state index is 0.174. The van der Waals surface area contributed by atoms with E-state index in [0.29, 0.717) is 25.2 Å². The number of amides is 1. The number of halogens is 3. The molecule has 146 valence electrons. The molecule has 0 aromatic carbocycles. The molecule has 2 rings (SSSR count). The van der Waals surface area contributed by atoms with E-state index >= 15 is 0 Å². The van der Waals surface area contributed by atoms with Crippen molar-refractivity contribution < 1.29 is 27.6 Å². The van der Waals surface area contributed by atoms with E-state index in [9.17, 15) is 28.1 Å². The molecule has 2 N–H and O–H groups in total. The van der Waals surface area contributed by atoms with Crippen LogP contribution < -0.4 is 10.7 Å². The third-order valence-corrected chi connectivity index (χ3v) is 4.11. The Morgan fingerprint density at radius 2 is 2.12 bits per heavy atom. The van der Waals surface area contributed by atoms with Crippen LogP contribution in [0.1, 0.15) is 19.3 Å². The molecule has 9 nitrogen and oxygen atoms in total. The van der Waals surface area contributed by atoms with Crippen molar-refractivity contribution in [1.29, 1.82) is 0 Å². The van der Waals surface area contributed by atoms with Gasteiger partial charge in [-0.15, -0.1) is 0 Å². The van der Waals surface area contributed by atoms with Crippen molar-refractivity contribution >= 4 is 5.91 Å². The zero-order chi connectivity index (χ0) is 19.5. The molecule has 0 aromatic rings. The molecule has 0 aliphatic carbocycles. The topological polar surface area (TPSA) is 100.0 Å². The van der Waals surface area contributed by atoms with Crippen LogP contribution in [-0.2, 0) is 9.53 Å². The van der Waals surface area contributed by atoms with E-state index in [4.69, 9.17) is 4.74 Å². The maximum Gasteiger partial charge on any atom is 0.471 e. The van der Waals surface area contributed by atoms with Gasteiger partial charge in [0.1, 0.15) is 6.26 Å². The summed E-state index contributed by atoms with van der Waals surface area (Å²) in [6.45, 7) is 0.680. The second-order valence-electron chi connectivity index (χ2n) is 5.95. The Hall–Kier alpha value is -2.66. The van der Waals surface area contributed by atoms with E-state index in [1.54, 1.807) is 11.9 Å². The Kier molecular flexibility index (Phi) is 5.83. The normalized spacial score (nSPS) is 23.0. The van der Waals surface area contributed by atoms with Crippen LogP contribution >= 0.6 is 0 Å². The maximum absolute atomic E-state index is 12.4. The molecule has 1 saturated heterocycles. The van der Waals surface area contributed by atoms with Gasteiger partial charge in [0.25, 0.3) is 0 Å². The number of carbonyl (C=O) groups excluding carboxylic acids is 1. The minimum atomic E-state index is -4.93. The summed E-state index contributed by atoms with van der Waals surface area (Å²) < 4.78 is 42.0. The number of hydrazine groups is 1. The van der Waals surface area contributed by atoms with Gasteiger partial charge >= 0.3 is 17.8 Å². The van der Waals surface area contributed by atoms with Gasteiger partial charge in [-0.05, 0) is 19.3 Å². The van der Waals surface area contributed by atoms with E-state index in [1.165, 1.54) is 18.4 Å². The number of nitrogens with zero attached hydrogens (tertiary/aromatic N) is 3. The summed E-state index contributed by atoms with van der Waals surface area (Å²) in [5.41, 5.74) is 2.82. The lowest BCUT2D eigenvalue weighted by Gasteiger charge is -2.27. The van der Waals surface area contributed by atoms with Crippen LogP contribution in [0.2, 0.25) is 0 Å². The molecular weight excluding hydrogens is 359 g/mol. The van der Waals surface area contributed by atoms with Crippen LogP contribution in [0, 0.1) is 10.1 Å². The highest BCUT2D eigenvalue weighted by Gasteiger charge is 2.41. The summed E-state index contributed by atoms with van der Waals surface area (Å²) >= 11 is 0. The first-order valence-electron chi connectivity index (χ1n) is 7.90. The number of hydrogen-bond donors (Lipinski definition) is 2. The molecule has 1 unspecified atom stereocenters. The van der Waals surface area contributed by atoms with Gasteiger partial charge in [0.05, 0.1) is 12.0 Å². The smallest absolute Gasteiger partial charge is 0.471 e. The third kappa shape index (κ3) is 4.29. The lowest BCUT2D eigenvalue weighted by Crippen LogP contribution is -2.43. The summed E-state index contributed by atoms with van der Waals surface area (Å²) in [6, 6.07) is -0.637. The van der Waals surface area contributed by atoms with Crippen LogP contribution in [-0.4, -0.2) is 60.2 Å². The maximum atomic E-state index is 12.4. The Bertz CT molecular complexity index is 635. The number of hydrogen-bond acceptors (Lipinski definition) is 7. The monoisotopic (exact) mass is 379 g/mol. The second kappa shape index (κ2) is 7.70. The average molecular weight is 379 g/mol. The summed E-state index contributed by atoms with van der Waals surface area (Å²) in [7, 11) is 2.97. The largest absolute Gasteiger partial charge is 0.502 e. The predicted octanol–water partition coefficient (Wildman–Crippen LogP) is 0.903. The highest BCUT2D eigenvalue weighted by Crippen LogP contribution is 2.28. The molecule has 0 spiro atoms. The highest BCUT2D eigenvalue weighted by molar-refractivity contribution is 5.81. The fourth-order valence-electron chi connectivity index (χ4n) is 3.03. The van der Waals surface area contributed by atoms with Crippen molar-refractivity contribution in [3.8, 4) is 0 Å². The number of nitro groups is 1. The van der Waals surface area contributed by atoms with Gasteiger partial charge < -0.3 is 15.0 Å². The molecule has 0 aromatic heterocycles. The lowest BCUT2D eigenvalue weighted by molar-refractivity contribution is -0.422. The summed E-state index contributed by atoms with van der Waals surface area (Å²) in [4.78, 5) is 23.8. The second-order valence-corrected chi connectivity index (χ2v) is 5.95. The first-order chi connectivity index (χ1) is 12.1. The molecular formula is C14H20F3N5O4. The first kappa shape index (κ1) is 19.7. The van der Waals surface area contributed by atoms with E-state index in [0.717, 1.165) is 0 Å². The lowest BCUT2D eigenvalue weighted by atomic mass is 10.1.